The molecule has 10 heteroatoms. The molecule has 2 N–H and O–H groups in total. The van der Waals surface area contributed by atoms with E-state index in [0.717, 1.165) is 0 Å². The van der Waals surface area contributed by atoms with Crippen LogP contribution in [0.2, 0.25) is 0 Å². The molecule has 1 aliphatic rings. The Morgan fingerprint density at radius 1 is 0.941 bits per heavy atom. The van der Waals surface area contributed by atoms with Crippen LogP contribution in [0.5, 0.6) is 0 Å². The lowest BCUT2D eigenvalue weighted by Gasteiger charge is -2.19. The average Bonchev–Trinajstić information content (AvgIpc) is 3.27. The molecule has 0 saturated heterocycles. The predicted octanol–water partition coefficient (Wildman–Crippen LogP) is 3.12. The molecule has 1 unspecified atom stereocenters. The summed E-state index contributed by atoms with van der Waals surface area (Å²) in [5.74, 6) is -2.67. The average molecular weight is 525 g/mol. The van der Waals surface area contributed by atoms with Crippen molar-refractivity contribution in [3.05, 3.63) is 87.3 Å². The lowest BCUT2D eigenvalue weighted by atomic mass is 9.84. The van der Waals surface area contributed by atoms with Crippen LogP contribution in [0.15, 0.2) is 63.7 Å². The third-order valence-corrected chi connectivity index (χ3v) is 5.49. The number of anilines is 1. The molecule has 0 bridgehead atoms. The number of hydrogen-bond donors (Lipinski definition) is 2. The van der Waals surface area contributed by atoms with Gasteiger partial charge in [-0.1, -0.05) is 24.3 Å². The highest BCUT2D eigenvalue weighted by molar-refractivity contribution is 9.10. The molecule has 2 aromatic carbocycles. The number of esters is 1. The Balaban J connectivity index is 1.36. The first-order valence-electron chi connectivity index (χ1n) is 10.1. The molecule has 0 aliphatic heterocycles. The van der Waals surface area contributed by atoms with Gasteiger partial charge in [-0.05, 0) is 53.2 Å². The summed E-state index contributed by atoms with van der Waals surface area (Å²) in [6.45, 7) is 0.895. The molecular formula is C24H17BrN2O7. The fraction of sp³-hybridized carbons (Fsp3) is 0.125. The van der Waals surface area contributed by atoms with Crippen molar-refractivity contribution < 1.29 is 33.1 Å². The maximum atomic E-state index is 12.8. The Morgan fingerprint density at radius 2 is 1.59 bits per heavy atom. The highest BCUT2D eigenvalue weighted by Gasteiger charge is 2.29. The van der Waals surface area contributed by atoms with E-state index in [1.165, 1.54) is 37.3 Å². The number of benzene rings is 2. The molecule has 3 aromatic rings. The normalized spacial score (nSPS) is 12.9. The molecule has 2 amide bonds. The van der Waals surface area contributed by atoms with Gasteiger partial charge in [-0.15, -0.1) is 0 Å². The van der Waals surface area contributed by atoms with E-state index in [0.29, 0.717) is 15.8 Å². The van der Waals surface area contributed by atoms with Crippen LogP contribution in [0.4, 0.5) is 5.69 Å². The van der Waals surface area contributed by atoms with Gasteiger partial charge in [0.15, 0.2) is 28.1 Å². The molecule has 9 nitrogen and oxygen atoms in total. The zero-order chi connectivity index (χ0) is 24.4. The number of carbonyl (C=O) groups excluding carboxylic acids is 5. The first kappa shape index (κ1) is 23.1. The topological polar surface area (TPSA) is 132 Å². The zero-order valence-electron chi connectivity index (χ0n) is 17.7. The van der Waals surface area contributed by atoms with Gasteiger partial charge in [-0.25, -0.2) is 0 Å². The van der Waals surface area contributed by atoms with Gasteiger partial charge in [0.1, 0.15) is 6.54 Å². The summed E-state index contributed by atoms with van der Waals surface area (Å²) >= 11 is 3.07. The summed E-state index contributed by atoms with van der Waals surface area (Å²) in [6, 6.07) is 13.9. The van der Waals surface area contributed by atoms with Gasteiger partial charge in [0.25, 0.3) is 11.8 Å². The molecule has 34 heavy (non-hydrogen) atoms. The molecule has 0 fully saturated rings. The maximum absolute atomic E-state index is 12.8. The summed E-state index contributed by atoms with van der Waals surface area (Å²) in [5, 5.41) is 4.89. The van der Waals surface area contributed by atoms with E-state index in [-0.39, 0.29) is 34.1 Å². The van der Waals surface area contributed by atoms with E-state index < -0.39 is 30.4 Å². The van der Waals surface area contributed by atoms with Crippen LogP contribution in [0.3, 0.4) is 0 Å². The van der Waals surface area contributed by atoms with Crippen molar-refractivity contribution >= 4 is 51.0 Å². The number of furan rings is 1. The minimum atomic E-state index is -1.18. The predicted molar refractivity (Wildman–Crippen MR) is 123 cm³/mol. The third kappa shape index (κ3) is 4.67. The minimum Gasteiger partial charge on any atom is -0.451 e. The van der Waals surface area contributed by atoms with Crippen molar-refractivity contribution in [1.82, 2.24) is 5.32 Å². The number of rotatable bonds is 6. The Hall–Kier alpha value is -4.05. The maximum Gasteiger partial charge on any atom is 0.326 e. The molecule has 172 valence electrons. The fourth-order valence-corrected chi connectivity index (χ4v) is 3.70. The van der Waals surface area contributed by atoms with Gasteiger partial charge in [-0.3, -0.25) is 24.0 Å². The number of amides is 2. The Kier molecular flexibility index (Phi) is 6.42. The summed E-state index contributed by atoms with van der Waals surface area (Å²) in [6.07, 6.45) is -1.18. The number of carbonyl (C=O) groups is 5. The number of ketones is 2. The molecule has 1 heterocycles. The first-order chi connectivity index (χ1) is 16.2. The summed E-state index contributed by atoms with van der Waals surface area (Å²) in [5.41, 5.74) is 1.33. The van der Waals surface area contributed by atoms with Crippen molar-refractivity contribution in [1.29, 1.82) is 0 Å². The van der Waals surface area contributed by atoms with E-state index in [2.05, 4.69) is 26.6 Å². The van der Waals surface area contributed by atoms with Gasteiger partial charge in [0.2, 0.25) is 0 Å². The standard InChI is InChI=1S/C24H17BrN2O7/c1-12(33-20(28)11-26-24(32)18-8-9-19(25)34-18)23(31)27-13-6-7-16-17(10-13)22(30)15-5-3-2-4-14(15)21(16)29/h2-10,12H,11H2,1H3,(H,26,32)(H,27,31). The van der Waals surface area contributed by atoms with Crippen molar-refractivity contribution in [2.24, 2.45) is 0 Å². The van der Waals surface area contributed by atoms with Crippen molar-refractivity contribution in [3.63, 3.8) is 0 Å². The van der Waals surface area contributed by atoms with E-state index in [1.54, 1.807) is 24.3 Å². The summed E-state index contributed by atoms with van der Waals surface area (Å²) in [7, 11) is 0. The van der Waals surface area contributed by atoms with E-state index in [1.807, 2.05) is 0 Å². The molecule has 1 aliphatic carbocycles. The SMILES string of the molecule is CC(OC(=O)CNC(=O)c1ccc(Br)o1)C(=O)Nc1ccc2c(c1)C(=O)c1ccccc1C2=O. The monoisotopic (exact) mass is 524 g/mol. The zero-order valence-corrected chi connectivity index (χ0v) is 19.3. The summed E-state index contributed by atoms with van der Waals surface area (Å²) in [4.78, 5) is 61.9. The second-order valence-corrected chi connectivity index (χ2v) is 8.15. The lowest BCUT2D eigenvalue weighted by Crippen LogP contribution is -2.35. The Bertz CT molecular complexity index is 1340. The van der Waals surface area contributed by atoms with Crippen LogP contribution in [0.25, 0.3) is 0 Å². The van der Waals surface area contributed by atoms with Gasteiger partial charge in [0.05, 0.1) is 0 Å². The fourth-order valence-electron chi connectivity index (χ4n) is 3.39. The van der Waals surface area contributed by atoms with Crippen LogP contribution >= 0.6 is 15.9 Å². The third-order valence-electron chi connectivity index (χ3n) is 5.06. The Morgan fingerprint density at radius 3 is 2.24 bits per heavy atom. The quantitative estimate of drug-likeness (QED) is 0.370. The van der Waals surface area contributed by atoms with E-state index >= 15 is 0 Å². The van der Waals surface area contributed by atoms with Crippen molar-refractivity contribution in [2.75, 3.05) is 11.9 Å². The van der Waals surface area contributed by atoms with Gasteiger partial charge in [-0.2, -0.15) is 0 Å². The van der Waals surface area contributed by atoms with Crippen LogP contribution in [-0.4, -0.2) is 42.0 Å². The molecule has 1 atom stereocenters. The van der Waals surface area contributed by atoms with Crippen molar-refractivity contribution in [3.8, 4) is 0 Å². The first-order valence-corrected chi connectivity index (χ1v) is 10.9. The highest BCUT2D eigenvalue weighted by Crippen LogP contribution is 2.29. The molecule has 4 rings (SSSR count). The number of halogens is 1. The van der Waals surface area contributed by atoms with Gasteiger partial charge in [0, 0.05) is 27.9 Å². The minimum absolute atomic E-state index is 0.00790. The lowest BCUT2D eigenvalue weighted by molar-refractivity contribution is -0.152. The summed E-state index contributed by atoms with van der Waals surface area (Å²) < 4.78 is 10.5. The van der Waals surface area contributed by atoms with Crippen LogP contribution in [-0.2, 0) is 14.3 Å². The number of hydrogen-bond acceptors (Lipinski definition) is 7. The van der Waals surface area contributed by atoms with E-state index in [4.69, 9.17) is 9.15 Å². The Labute approximate surface area is 201 Å². The smallest absolute Gasteiger partial charge is 0.326 e. The second-order valence-electron chi connectivity index (χ2n) is 7.37. The molecule has 0 spiro atoms. The number of nitrogens with one attached hydrogen (secondary N) is 2. The van der Waals surface area contributed by atoms with Crippen LogP contribution in [0.1, 0.15) is 49.3 Å². The number of fused-ring (bicyclic) bond motifs is 2. The van der Waals surface area contributed by atoms with Crippen LogP contribution < -0.4 is 10.6 Å². The van der Waals surface area contributed by atoms with Crippen molar-refractivity contribution in [2.45, 2.75) is 13.0 Å². The highest BCUT2D eigenvalue weighted by atomic mass is 79.9. The molecule has 1 aromatic heterocycles. The number of ether oxygens (including phenoxy) is 1. The van der Waals surface area contributed by atoms with E-state index in [9.17, 15) is 24.0 Å². The van der Waals surface area contributed by atoms with Gasteiger partial charge < -0.3 is 19.8 Å². The van der Waals surface area contributed by atoms with Gasteiger partial charge >= 0.3 is 5.97 Å². The second kappa shape index (κ2) is 9.44. The molecule has 0 saturated carbocycles. The largest absolute Gasteiger partial charge is 0.451 e. The molecule has 0 radical (unpaired) electrons. The van der Waals surface area contributed by atoms with Crippen LogP contribution in [0, 0.1) is 0 Å². The molecular weight excluding hydrogens is 508 g/mol.